The van der Waals surface area contributed by atoms with Crippen molar-refractivity contribution in [3.8, 4) is 17.2 Å². The van der Waals surface area contributed by atoms with Crippen molar-refractivity contribution < 1.29 is 24.2 Å². The normalized spacial score (nSPS) is 14.7. The first-order valence-electron chi connectivity index (χ1n) is 8.09. The molecule has 0 spiro atoms. The van der Waals surface area contributed by atoms with E-state index < -0.39 is 0 Å². The van der Waals surface area contributed by atoms with Crippen LogP contribution in [0.1, 0.15) is 5.56 Å². The Morgan fingerprint density at radius 3 is 2.64 bits per heavy atom. The number of hydrogen-bond donors (Lipinski definition) is 3. The number of nitrogens with one attached hydrogen (secondary N) is 2. The topological polar surface area (TPSA) is 96.9 Å². The van der Waals surface area contributed by atoms with Crippen molar-refractivity contribution >= 4 is 51.9 Å². The number of hydrogen-bond acceptors (Lipinski definition) is 7. The maximum absolute atomic E-state index is 12.0. The molecule has 0 radical (unpaired) electrons. The van der Waals surface area contributed by atoms with Crippen molar-refractivity contribution in [2.24, 2.45) is 0 Å². The number of carbonyl (C=O) groups is 2. The molecule has 2 aromatic rings. The van der Waals surface area contributed by atoms with Gasteiger partial charge in [-0.15, -0.1) is 0 Å². The monoisotopic (exact) mass is 416 g/mol. The third-order valence-electron chi connectivity index (χ3n) is 3.64. The number of aromatic hydroxyl groups is 1. The van der Waals surface area contributed by atoms with Crippen molar-refractivity contribution in [2.75, 3.05) is 19.0 Å². The Bertz CT molecular complexity index is 957. The van der Waals surface area contributed by atoms with E-state index in [0.717, 1.165) is 5.56 Å². The van der Waals surface area contributed by atoms with Gasteiger partial charge in [0.25, 0.3) is 11.8 Å². The maximum Gasteiger partial charge on any atom is 0.263 e. The van der Waals surface area contributed by atoms with Crippen LogP contribution in [-0.4, -0.2) is 35.0 Å². The quantitative estimate of drug-likeness (QED) is 0.378. The molecule has 3 N–H and O–H groups in total. The number of ether oxygens (including phenoxy) is 2. The molecular weight excluding hydrogens is 400 g/mol. The van der Waals surface area contributed by atoms with E-state index in [4.69, 9.17) is 21.7 Å². The number of thiocarbonyl (C=S) groups is 1. The highest BCUT2D eigenvalue weighted by molar-refractivity contribution is 8.26. The van der Waals surface area contributed by atoms with E-state index in [1.807, 2.05) is 0 Å². The number of carbonyl (C=O) groups excluding carboxylic acids is 2. The van der Waals surface area contributed by atoms with Gasteiger partial charge in [0.1, 0.15) is 10.1 Å². The molecule has 1 fully saturated rings. The van der Waals surface area contributed by atoms with Crippen LogP contribution in [-0.2, 0) is 9.59 Å². The van der Waals surface area contributed by atoms with Gasteiger partial charge in [-0.2, -0.15) is 0 Å². The van der Waals surface area contributed by atoms with Crippen molar-refractivity contribution in [2.45, 2.75) is 0 Å². The minimum Gasteiger partial charge on any atom is -0.508 e. The maximum atomic E-state index is 12.0. The van der Waals surface area contributed by atoms with Crippen LogP contribution in [0.15, 0.2) is 47.4 Å². The number of methoxy groups -OCH3 is 1. The summed E-state index contributed by atoms with van der Waals surface area (Å²) in [5.41, 5.74) is 1.28. The molecule has 1 aliphatic rings. The van der Waals surface area contributed by atoms with Gasteiger partial charge in [0.2, 0.25) is 0 Å². The summed E-state index contributed by atoms with van der Waals surface area (Å²) in [6.07, 6.45) is 1.70. The van der Waals surface area contributed by atoms with Gasteiger partial charge in [-0.3, -0.25) is 9.59 Å². The molecule has 1 heterocycles. The first kappa shape index (κ1) is 19.7. The molecule has 9 heteroatoms. The molecule has 0 saturated carbocycles. The lowest BCUT2D eigenvalue weighted by Gasteiger charge is -2.11. The van der Waals surface area contributed by atoms with E-state index in [0.29, 0.717) is 26.4 Å². The molecule has 0 atom stereocenters. The van der Waals surface area contributed by atoms with Crippen molar-refractivity contribution in [3.05, 3.63) is 52.9 Å². The zero-order valence-corrected chi connectivity index (χ0v) is 16.4. The van der Waals surface area contributed by atoms with Crippen LogP contribution in [0, 0.1) is 0 Å². The van der Waals surface area contributed by atoms with Gasteiger partial charge in [-0.25, -0.2) is 0 Å². The summed E-state index contributed by atoms with van der Waals surface area (Å²) in [7, 11) is 1.49. The SMILES string of the molecule is COc1cc(/C=C2\SC(=S)NC2=O)ccc1OCC(=O)Nc1ccc(O)cc1. The molecular formula is C19H16N2O5S2. The minimum atomic E-state index is -0.355. The number of rotatable bonds is 6. The average Bonchev–Trinajstić information content (AvgIpc) is 2.99. The minimum absolute atomic E-state index is 0.115. The second-order valence-electron chi connectivity index (χ2n) is 5.65. The Morgan fingerprint density at radius 2 is 2.00 bits per heavy atom. The van der Waals surface area contributed by atoms with Gasteiger partial charge in [0.15, 0.2) is 18.1 Å². The Morgan fingerprint density at radius 1 is 1.25 bits per heavy atom. The summed E-state index contributed by atoms with van der Waals surface area (Å²) < 4.78 is 11.3. The lowest BCUT2D eigenvalue weighted by Crippen LogP contribution is -2.20. The summed E-state index contributed by atoms with van der Waals surface area (Å²) in [5.74, 6) is 0.346. The molecule has 7 nitrogen and oxygen atoms in total. The highest BCUT2D eigenvalue weighted by Crippen LogP contribution is 2.31. The largest absolute Gasteiger partial charge is 0.508 e. The lowest BCUT2D eigenvalue weighted by molar-refractivity contribution is -0.118. The van der Waals surface area contributed by atoms with Gasteiger partial charge < -0.3 is 25.2 Å². The standard InChI is InChI=1S/C19H16N2O5S2/c1-25-15-8-11(9-16-18(24)21-19(27)28-16)2-7-14(15)26-10-17(23)20-12-3-5-13(22)6-4-12/h2-9,22H,10H2,1H3,(H,20,23)(H,21,24,27)/b16-9-. The van der Waals surface area contributed by atoms with Gasteiger partial charge in [-0.05, 0) is 48.0 Å². The molecule has 0 aliphatic carbocycles. The van der Waals surface area contributed by atoms with E-state index in [9.17, 15) is 14.7 Å². The molecule has 0 unspecified atom stereocenters. The first-order chi connectivity index (χ1) is 13.4. The van der Waals surface area contributed by atoms with Crippen LogP contribution in [0.5, 0.6) is 17.2 Å². The van der Waals surface area contributed by atoms with Gasteiger partial charge in [0.05, 0.1) is 12.0 Å². The van der Waals surface area contributed by atoms with Gasteiger partial charge in [-0.1, -0.05) is 30.0 Å². The predicted octanol–water partition coefficient (Wildman–Crippen LogP) is 2.91. The number of benzene rings is 2. The molecule has 1 saturated heterocycles. The Balaban J connectivity index is 1.64. The van der Waals surface area contributed by atoms with E-state index in [-0.39, 0.29) is 24.2 Å². The molecule has 3 rings (SSSR count). The number of phenols is 1. The van der Waals surface area contributed by atoms with Gasteiger partial charge in [0, 0.05) is 5.69 Å². The molecule has 0 bridgehead atoms. The summed E-state index contributed by atoms with van der Waals surface area (Å²) in [6, 6.07) is 11.2. The van der Waals surface area contributed by atoms with Crippen molar-refractivity contribution in [3.63, 3.8) is 0 Å². The van der Waals surface area contributed by atoms with Crippen LogP contribution in [0.4, 0.5) is 5.69 Å². The van der Waals surface area contributed by atoms with Crippen LogP contribution in [0.3, 0.4) is 0 Å². The Kier molecular flexibility index (Phi) is 6.17. The highest BCUT2D eigenvalue weighted by Gasteiger charge is 2.22. The van der Waals surface area contributed by atoms with Crippen LogP contribution in [0.2, 0.25) is 0 Å². The van der Waals surface area contributed by atoms with E-state index >= 15 is 0 Å². The third kappa shape index (κ3) is 5.02. The zero-order chi connectivity index (χ0) is 20.1. The number of thioether (sulfide) groups is 1. The van der Waals surface area contributed by atoms with Crippen LogP contribution >= 0.6 is 24.0 Å². The smallest absolute Gasteiger partial charge is 0.263 e. The molecule has 28 heavy (non-hydrogen) atoms. The van der Waals surface area contributed by atoms with Crippen LogP contribution < -0.4 is 20.1 Å². The first-order valence-corrected chi connectivity index (χ1v) is 9.31. The number of anilines is 1. The Hall–Kier alpha value is -3.04. The van der Waals surface area contributed by atoms with Gasteiger partial charge >= 0.3 is 0 Å². The number of amides is 2. The van der Waals surface area contributed by atoms with Crippen LogP contribution in [0.25, 0.3) is 6.08 Å². The summed E-state index contributed by atoms with van der Waals surface area (Å²) in [4.78, 5) is 24.3. The van der Waals surface area contributed by atoms with Crippen molar-refractivity contribution in [1.29, 1.82) is 0 Å². The third-order valence-corrected chi connectivity index (χ3v) is 4.80. The fraction of sp³-hybridized carbons (Fsp3) is 0.105. The molecule has 0 aromatic heterocycles. The number of phenolic OH excluding ortho intramolecular Hbond substituents is 1. The van der Waals surface area contributed by atoms with E-state index in [1.54, 1.807) is 36.4 Å². The zero-order valence-electron chi connectivity index (χ0n) is 14.7. The summed E-state index contributed by atoms with van der Waals surface area (Å²) in [5, 5.41) is 14.5. The van der Waals surface area contributed by atoms with Crippen molar-refractivity contribution in [1.82, 2.24) is 5.32 Å². The molecule has 1 aliphatic heterocycles. The molecule has 2 aromatic carbocycles. The fourth-order valence-corrected chi connectivity index (χ4v) is 3.39. The summed E-state index contributed by atoms with van der Waals surface area (Å²) in [6.45, 7) is -0.218. The second-order valence-corrected chi connectivity index (χ2v) is 7.37. The van der Waals surface area contributed by atoms with E-state index in [1.165, 1.54) is 31.0 Å². The molecule has 144 valence electrons. The Labute approximate surface area is 170 Å². The second kappa shape index (κ2) is 8.77. The summed E-state index contributed by atoms with van der Waals surface area (Å²) >= 11 is 6.16. The lowest BCUT2D eigenvalue weighted by atomic mass is 10.2. The highest BCUT2D eigenvalue weighted by atomic mass is 32.2. The van der Waals surface area contributed by atoms with E-state index in [2.05, 4.69) is 10.6 Å². The molecule has 2 amide bonds. The predicted molar refractivity (Wildman–Crippen MR) is 112 cm³/mol. The average molecular weight is 416 g/mol. The fourth-order valence-electron chi connectivity index (χ4n) is 2.35.